The molecule has 3 rings (SSSR count). The number of hydrogen-bond donors (Lipinski definition) is 1. The predicted molar refractivity (Wildman–Crippen MR) is 92.8 cm³/mol. The van der Waals surface area contributed by atoms with Crippen LogP contribution in [0.5, 0.6) is 0 Å². The summed E-state index contributed by atoms with van der Waals surface area (Å²) in [5.74, 6) is 0.332. The number of amides is 1. The summed E-state index contributed by atoms with van der Waals surface area (Å²) in [6, 6.07) is 8.14. The number of nitrogens with zero attached hydrogens (tertiary/aromatic N) is 2. The number of aliphatic hydroxyl groups is 1. The largest absolute Gasteiger partial charge is 0.393 e. The first-order chi connectivity index (χ1) is 11.6. The van der Waals surface area contributed by atoms with Gasteiger partial charge in [-0.25, -0.2) is 0 Å². The zero-order valence-corrected chi connectivity index (χ0v) is 14.6. The summed E-state index contributed by atoms with van der Waals surface area (Å²) in [7, 11) is 3.54. The summed E-state index contributed by atoms with van der Waals surface area (Å²) >= 11 is 0. The van der Waals surface area contributed by atoms with Gasteiger partial charge in [0.25, 0.3) is 5.91 Å². The number of carbonyl (C=O) groups excluding carboxylic acids is 1. The zero-order valence-electron chi connectivity index (χ0n) is 14.6. The van der Waals surface area contributed by atoms with E-state index in [4.69, 9.17) is 4.74 Å². The second-order valence-corrected chi connectivity index (χ2v) is 7.17. The first kappa shape index (κ1) is 17.4. The van der Waals surface area contributed by atoms with E-state index >= 15 is 0 Å². The van der Waals surface area contributed by atoms with E-state index in [9.17, 15) is 9.90 Å². The molecular weight excluding hydrogens is 304 g/mol. The van der Waals surface area contributed by atoms with Gasteiger partial charge in [-0.2, -0.15) is 0 Å². The molecular formula is C19H28N2O3. The Balaban J connectivity index is 1.73. The highest BCUT2D eigenvalue weighted by molar-refractivity contribution is 5.94. The van der Waals surface area contributed by atoms with Crippen molar-refractivity contribution in [2.45, 2.75) is 38.0 Å². The van der Waals surface area contributed by atoms with Crippen LogP contribution in [0.15, 0.2) is 24.3 Å². The van der Waals surface area contributed by atoms with E-state index in [0.717, 1.165) is 50.1 Å². The monoisotopic (exact) mass is 332 g/mol. The molecule has 0 spiro atoms. The maximum atomic E-state index is 12.2. The van der Waals surface area contributed by atoms with Gasteiger partial charge in [0.15, 0.2) is 0 Å². The Morgan fingerprint density at radius 2 is 2.21 bits per heavy atom. The average Bonchev–Trinajstić information content (AvgIpc) is 3.01. The molecule has 0 aromatic heterocycles. The van der Waals surface area contributed by atoms with Crippen molar-refractivity contribution in [3.05, 3.63) is 35.4 Å². The molecule has 1 aromatic rings. The van der Waals surface area contributed by atoms with E-state index in [1.807, 2.05) is 18.2 Å². The van der Waals surface area contributed by atoms with Gasteiger partial charge in [-0.1, -0.05) is 18.6 Å². The molecule has 1 saturated carbocycles. The van der Waals surface area contributed by atoms with Crippen LogP contribution < -0.4 is 0 Å². The highest BCUT2D eigenvalue weighted by atomic mass is 16.5. The molecule has 0 bridgehead atoms. The third-order valence-corrected chi connectivity index (χ3v) is 5.27. The zero-order chi connectivity index (χ0) is 17.1. The maximum absolute atomic E-state index is 12.2. The lowest BCUT2D eigenvalue weighted by molar-refractivity contribution is -0.0536. The van der Waals surface area contributed by atoms with E-state index in [2.05, 4.69) is 11.0 Å². The van der Waals surface area contributed by atoms with Crippen molar-refractivity contribution in [1.29, 1.82) is 0 Å². The lowest BCUT2D eigenvalue weighted by Crippen LogP contribution is -2.50. The number of carbonyl (C=O) groups is 1. The van der Waals surface area contributed by atoms with Crippen molar-refractivity contribution in [3.63, 3.8) is 0 Å². The van der Waals surface area contributed by atoms with Gasteiger partial charge in [-0.3, -0.25) is 9.69 Å². The van der Waals surface area contributed by atoms with Crippen molar-refractivity contribution in [3.8, 4) is 0 Å². The summed E-state index contributed by atoms with van der Waals surface area (Å²) in [4.78, 5) is 16.2. The van der Waals surface area contributed by atoms with Crippen LogP contribution in [0.3, 0.4) is 0 Å². The van der Waals surface area contributed by atoms with Gasteiger partial charge in [0, 0.05) is 44.7 Å². The summed E-state index contributed by atoms with van der Waals surface area (Å²) in [6.45, 7) is 3.10. The molecule has 24 heavy (non-hydrogen) atoms. The molecule has 2 aliphatic rings. The van der Waals surface area contributed by atoms with Crippen molar-refractivity contribution >= 4 is 5.91 Å². The fourth-order valence-electron chi connectivity index (χ4n) is 3.96. The van der Waals surface area contributed by atoms with Crippen LogP contribution in [-0.2, 0) is 11.3 Å². The molecule has 1 amide bonds. The van der Waals surface area contributed by atoms with Crippen LogP contribution in [0.2, 0.25) is 0 Å². The van der Waals surface area contributed by atoms with Gasteiger partial charge in [-0.15, -0.1) is 0 Å². The molecule has 5 nitrogen and oxygen atoms in total. The molecule has 1 saturated heterocycles. The van der Waals surface area contributed by atoms with Gasteiger partial charge >= 0.3 is 0 Å². The summed E-state index contributed by atoms with van der Waals surface area (Å²) in [5.41, 5.74) is 1.87. The first-order valence-corrected chi connectivity index (χ1v) is 8.86. The number of hydrogen-bond acceptors (Lipinski definition) is 4. The van der Waals surface area contributed by atoms with Crippen molar-refractivity contribution in [2.75, 3.05) is 33.9 Å². The number of ether oxygens (including phenoxy) is 1. The maximum Gasteiger partial charge on any atom is 0.253 e. The fraction of sp³-hybridized carbons (Fsp3) is 0.632. The van der Waals surface area contributed by atoms with E-state index in [1.54, 1.807) is 19.0 Å². The molecule has 1 aromatic carbocycles. The Morgan fingerprint density at radius 3 is 2.92 bits per heavy atom. The number of aliphatic hydroxyl groups excluding tert-OH is 1. The molecule has 132 valence electrons. The third kappa shape index (κ3) is 3.79. The van der Waals surface area contributed by atoms with Crippen LogP contribution in [0.4, 0.5) is 0 Å². The van der Waals surface area contributed by atoms with Gasteiger partial charge in [0.1, 0.15) is 0 Å². The normalized spacial score (nSPS) is 28.0. The molecule has 1 aliphatic heterocycles. The van der Waals surface area contributed by atoms with Crippen molar-refractivity contribution in [2.24, 2.45) is 5.92 Å². The van der Waals surface area contributed by atoms with Gasteiger partial charge in [0.2, 0.25) is 0 Å². The Morgan fingerprint density at radius 1 is 1.38 bits per heavy atom. The molecule has 1 heterocycles. The molecule has 1 N–H and O–H groups in total. The quantitative estimate of drug-likeness (QED) is 0.913. The summed E-state index contributed by atoms with van der Waals surface area (Å²) in [6.07, 6.45) is 2.87. The van der Waals surface area contributed by atoms with Crippen molar-refractivity contribution < 1.29 is 14.6 Å². The lowest BCUT2D eigenvalue weighted by atomic mass is 9.93. The number of morpholine rings is 1. The van der Waals surface area contributed by atoms with E-state index in [1.165, 1.54) is 0 Å². The smallest absolute Gasteiger partial charge is 0.253 e. The van der Waals surface area contributed by atoms with E-state index in [-0.39, 0.29) is 18.1 Å². The highest BCUT2D eigenvalue weighted by Crippen LogP contribution is 2.32. The van der Waals surface area contributed by atoms with Crippen LogP contribution >= 0.6 is 0 Å². The van der Waals surface area contributed by atoms with E-state index in [0.29, 0.717) is 12.5 Å². The first-order valence-electron chi connectivity index (χ1n) is 8.86. The second kappa shape index (κ2) is 7.64. The number of benzene rings is 1. The second-order valence-electron chi connectivity index (χ2n) is 7.17. The Kier molecular flexibility index (Phi) is 5.54. The molecule has 3 unspecified atom stereocenters. The Bertz CT molecular complexity index is 575. The fourth-order valence-corrected chi connectivity index (χ4v) is 3.96. The van der Waals surface area contributed by atoms with Crippen LogP contribution in [-0.4, -0.2) is 66.8 Å². The SMILES string of the molecule is CN(C)C(=O)c1cccc(CN2CCOCC2C2CCCC2O)c1. The standard InChI is InChI=1S/C19H28N2O3/c1-20(2)19(23)15-6-3-5-14(11-15)12-21-9-10-24-13-17(21)16-7-4-8-18(16)22/h3,5-6,11,16-18,22H,4,7-10,12-13H2,1-2H3. The van der Waals surface area contributed by atoms with Crippen molar-refractivity contribution in [1.82, 2.24) is 9.80 Å². The highest BCUT2D eigenvalue weighted by Gasteiger charge is 2.37. The third-order valence-electron chi connectivity index (χ3n) is 5.27. The Hall–Kier alpha value is -1.43. The minimum Gasteiger partial charge on any atom is -0.393 e. The molecule has 1 aliphatic carbocycles. The lowest BCUT2D eigenvalue weighted by Gasteiger charge is -2.40. The predicted octanol–water partition coefficient (Wildman–Crippen LogP) is 1.75. The topological polar surface area (TPSA) is 53.0 Å². The molecule has 2 fully saturated rings. The van der Waals surface area contributed by atoms with Gasteiger partial charge in [-0.05, 0) is 30.5 Å². The summed E-state index contributed by atoms with van der Waals surface area (Å²) < 4.78 is 5.69. The summed E-state index contributed by atoms with van der Waals surface area (Å²) in [5, 5.41) is 10.3. The molecule has 0 radical (unpaired) electrons. The number of rotatable bonds is 4. The van der Waals surface area contributed by atoms with E-state index < -0.39 is 0 Å². The van der Waals surface area contributed by atoms with Gasteiger partial charge in [0.05, 0.1) is 19.3 Å². The minimum atomic E-state index is -0.208. The van der Waals surface area contributed by atoms with Gasteiger partial charge < -0.3 is 14.7 Å². The molecule has 5 heteroatoms. The van der Waals surface area contributed by atoms with Crippen LogP contribution in [0.1, 0.15) is 35.2 Å². The average molecular weight is 332 g/mol. The Labute approximate surface area is 144 Å². The minimum absolute atomic E-state index is 0.0293. The van der Waals surface area contributed by atoms with Crippen LogP contribution in [0, 0.1) is 5.92 Å². The molecule has 3 atom stereocenters. The van der Waals surface area contributed by atoms with Crippen LogP contribution in [0.25, 0.3) is 0 Å².